The van der Waals surface area contributed by atoms with E-state index in [0.29, 0.717) is 12.0 Å². The Morgan fingerprint density at radius 1 is 1.50 bits per heavy atom. The molecule has 0 N–H and O–H groups in total. The zero-order chi connectivity index (χ0) is 7.56. The lowest BCUT2D eigenvalue weighted by molar-refractivity contribution is -0.00706. The highest BCUT2D eigenvalue weighted by molar-refractivity contribution is 14.1. The first-order valence-electron chi connectivity index (χ1n) is 3.96. The van der Waals surface area contributed by atoms with Crippen molar-refractivity contribution >= 4 is 22.6 Å². The van der Waals surface area contributed by atoms with E-state index < -0.39 is 0 Å². The third-order valence-corrected chi connectivity index (χ3v) is 3.13. The van der Waals surface area contributed by atoms with Crippen LogP contribution in [0.15, 0.2) is 0 Å². The average molecular weight is 254 g/mol. The van der Waals surface area contributed by atoms with E-state index in [9.17, 15) is 0 Å². The van der Waals surface area contributed by atoms with Gasteiger partial charge in [0.1, 0.15) is 0 Å². The summed E-state index contributed by atoms with van der Waals surface area (Å²) >= 11 is 2.53. The number of ether oxygens (including phenoxy) is 1. The third kappa shape index (κ3) is 2.38. The first-order chi connectivity index (χ1) is 4.70. The molecule has 0 aromatic rings. The van der Waals surface area contributed by atoms with E-state index in [1.54, 1.807) is 0 Å². The van der Waals surface area contributed by atoms with Crippen molar-refractivity contribution < 1.29 is 4.74 Å². The van der Waals surface area contributed by atoms with Gasteiger partial charge in [-0.2, -0.15) is 0 Å². The first-order valence-corrected chi connectivity index (χ1v) is 5.20. The number of rotatable bonds is 1. The van der Waals surface area contributed by atoms with E-state index in [4.69, 9.17) is 4.74 Å². The Morgan fingerprint density at radius 3 is 2.60 bits per heavy atom. The smallest absolute Gasteiger partial charge is 0.0608 e. The van der Waals surface area contributed by atoms with E-state index >= 15 is 0 Å². The van der Waals surface area contributed by atoms with Gasteiger partial charge in [-0.25, -0.2) is 0 Å². The molecule has 1 fully saturated rings. The summed E-state index contributed by atoms with van der Waals surface area (Å²) in [4.78, 5) is 0. The molecule has 0 amide bonds. The summed E-state index contributed by atoms with van der Waals surface area (Å²) in [6.45, 7) is 5.44. The molecule has 1 heterocycles. The van der Waals surface area contributed by atoms with Gasteiger partial charge in [-0.15, -0.1) is 0 Å². The SMILES string of the molecule is CC(C)[C@H]1C[C@@H](I)CCO1. The monoisotopic (exact) mass is 254 g/mol. The van der Waals surface area contributed by atoms with Crippen molar-refractivity contribution in [3.8, 4) is 0 Å². The van der Waals surface area contributed by atoms with Crippen LogP contribution in [-0.4, -0.2) is 16.6 Å². The van der Waals surface area contributed by atoms with Crippen LogP contribution >= 0.6 is 22.6 Å². The lowest BCUT2D eigenvalue weighted by Gasteiger charge is -2.28. The molecule has 1 nitrogen and oxygen atoms in total. The molecule has 0 bridgehead atoms. The summed E-state index contributed by atoms with van der Waals surface area (Å²) in [7, 11) is 0. The van der Waals surface area contributed by atoms with Crippen molar-refractivity contribution in [2.75, 3.05) is 6.61 Å². The van der Waals surface area contributed by atoms with Crippen molar-refractivity contribution in [1.29, 1.82) is 0 Å². The van der Waals surface area contributed by atoms with Crippen LogP contribution < -0.4 is 0 Å². The minimum Gasteiger partial charge on any atom is -0.378 e. The van der Waals surface area contributed by atoms with Gasteiger partial charge < -0.3 is 4.74 Å². The molecular formula is C8H15IO. The number of hydrogen-bond acceptors (Lipinski definition) is 1. The second-order valence-corrected chi connectivity index (χ2v) is 5.04. The fourth-order valence-corrected chi connectivity index (χ4v) is 2.01. The lowest BCUT2D eigenvalue weighted by Crippen LogP contribution is -2.29. The maximum atomic E-state index is 5.60. The summed E-state index contributed by atoms with van der Waals surface area (Å²) in [6.07, 6.45) is 3.01. The molecule has 1 saturated heterocycles. The summed E-state index contributed by atoms with van der Waals surface area (Å²) < 4.78 is 6.45. The minimum absolute atomic E-state index is 0.524. The highest BCUT2D eigenvalue weighted by Crippen LogP contribution is 2.24. The average Bonchev–Trinajstić information content (AvgIpc) is 1.88. The van der Waals surface area contributed by atoms with E-state index in [0.717, 1.165) is 10.5 Å². The standard InChI is InChI=1S/C8H15IO/c1-6(2)8-5-7(9)3-4-10-8/h6-8H,3-5H2,1-2H3/t7-,8+/m0/s1. The van der Waals surface area contributed by atoms with E-state index in [1.165, 1.54) is 12.8 Å². The molecule has 0 radical (unpaired) electrons. The molecule has 10 heavy (non-hydrogen) atoms. The van der Waals surface area contributed by atoms with Gasteiger partial charge in [-0.3, -0.25) is 0 Å². The Morgan fingerprint density at radius 2 is 2.20 bits per heavy atom. The van der Waals surface area contributed by atoms with Crippen LogP contribution in [0.4, 0.5) is 0 Å². The van der Waals surface area contributed by atoms with Crippen molar-refractivity contribution in [2.45, 2.75) is 36.7 Å². The largest absolute Gasteiger partial charge is 0.378 e. The van der Waals surface area contributed by atoms with Gasteiger partial charge in [-0.1, -0.05) is 36.4 Å². The molecule has 2 atom stereocenters. The maximum Gasteiger partial charge on any atom is 0.0608 e. The second kappa shape index (κ2) is 3.90. The molecule has 2 heteroatoms. The van der Waals surface area contributed by atoms with Gasteiger partial charge in [0.2, 0.25) is 0 Å². The van der Waals surface area contributed by atoms with Gasteiger partial charge in [0.15, 0.2) is 0 Å². The van der Waals surface area contributed by atoms with Crippen molar-refractivity contribution in [3.63, 3.8) is 0 Å². The molecule has 0 aromatic carbocycles. The van der Waals surface area contributed by atoms with Gasteiger partial charge in [0.05, 0.1) is 6.10 Å². The molecule has 0 unspecified atom stereocenters. The third-order valence-electron chi connectivity index (χ3n) is 1.99. The Bertz CT molecular complexity index is 103. The van der Waals surface area contributed by atoms with Crippen LogP contribution in [0.25, 0.3) is 0 Å². The number of alkyl halides is 1. The molecule has 0 aromatic heterocycles. The van der Waals surface area contributed by atoms with Crippen molar-refractivity contribution in [3.05, 3.63) is 0 Å². The summed E-state index contributed by atoms with van der Waals surface area (Å²) in [5.74, 6) is 0.692. The Hall–Kier alpha value is 0.690. The van der Waals surface area contributed by atoms with Crippen LogP contribution in [0.1, 0.15) is 26.7 Å². The Labute approximate surface area is 76.7 Å². The summed E-state index contributed by atoms with van der Waals surface area (Å²) in [6, 6.07) is 0. The van der Waals surface area contributed by atoms with Crippen molar-refractivity contribution in [1.82, 2.24) is 0 Å². The van der Waals surface area contributed by atoms with E-state index in [2.05, 4.69) is 36.4 Å². The normalized spacial score (nSPS) is 34.8. The molecule has 1 rings (SSSR count). The van der Waals surface area contributed by atoms with E-state index in [1.807, 2.05) is 0 Å². The second-order valence-electron chi connectivity index (χ2n) is 3.27. The molecule has 60 valence electrons. The number of halogens is 1. The van der Waals surface area contributed by atoms with Gasteiger partial charge in [0, 0.05) is 10.5 Å². The molecule has 0 aliphatic carbocycles. The Kier molecular flexibility index (Phi) is 3.43. The molecule has 0 saturated carbocycles. The topological polar surface area (TPSA) is 9.23 Å². The Balaban J connectivity index is 2.32. The van der Waals surface area contributed by atoms with Gasteiger partial charge in [0.25, 0.3) is 0 Å². The van der Waals surface area contributed by atoms with Crippen LogP contribution in [0, 0.1) is 5.92 Å². The van der Waals surface area contributed by atoms with Crippen LogP contribution in [0.5, 0.6) is 0 Å². The first kappa shape index (κ1) is 8.78. The maximum absolute atomic E-state index is 5.60. The quantitative estimate of drug-likeness (QED) is 0.516. The fourth-order valence-electron chi connectivity index (χ4n) is 1.25. The zero-order valence-electron chi connectivity index (χ0n) is 6.64. The lowest BCUT2D eigenvalue weighted by atomic mass is 9.99. The minimum atomic E-state index is 0.524. The van der Waals surface area contributed by atoms with Crippen molar-refractivity contribution in [2.24, 2.45) is 5.92 Å². The van der Waals surface area contributed by atoms with Gasteiger partial charge in [-0.05, 0) is 18.8 Å². The highest BCUT2D eigenvalue weighted by atomic mass is 127. The fraction of sp³-hybridized carbons (Fsp3) is 1.00. The molecule has 1 aliphatic rings. The zero-order valence-corrected chi connectivity index (χ0v) is 8.80. The number of hydrogen-bond donors (Lipinski definition) is 0. The molecule has 1 aliphatic heterocycles. The van der Waals surface area contributed by atoms with Crippen LogP contribution in [0.2, 0.25) is 0 Å². The molecular weight excluding hydrogens is 239 g/mol. The summed E-state index contributed by atoms with van der Waals surface area (Å²) in [5.41, 5.74) is 0. The van der Waals surface area contributed by atoms with Gasteiger partial charge >= 0.3 is 0 Å². The van der Waals surface area contributed by atoms with Crippen LogP contribution in [-0.2, 0) is 4.74 Å². The molecule has 0 spiro atoms. The summed E-state index contributed by atoms with van der Waals surface area (Å²) in [5, 5.41) is 0. The van der Waals surface area contributed by atoms with E-state index in [-0.39, 0.29) is 0 Å². The highest BCUT2D eigenvalue weighted by Gasteiger charge is 2.22. The predicted molar refractivity (Wildman–Crippen MR) is 51.6 cm³/mol. The predicted octanol–water partition coefficient (Wildman–Crippen LogP) is 2.63. The van der Waals surface area contributed by atoms with Crippen LogP contribution in [0.3, 0.4) is 0 Å².